The Balaban J connectivity index is 1.97. The van der Waals surface area contributed by atoms with Gasteiger partial charge in [-0.25, -0.2) is 0 Å². The number of rotatable bonds is 2. The van der Waals surface area contributed by atoms with E-state index in [1.54, 1.807) is 12.1 Å². The van der Waals surface area contributed by atoms with Crippen molar-refractivity contribution in [3.63, 3.8) is 0 Å². The number of H-pyrrole nitrogens is 1. The number of nitrogens with zero attached hydrogens (tertiary/aromatic N) is 2. The molecule has 21 heavy (non-hydrogen) atoms. The zero-order valence-electron chi connectivity index (χ0n) is 10.5. The molecule has 1 aliphatic heterocycles. The molecule has 1 aliphatic rings. The van der Waals surface area contributed by atoms with Crippen molar-refractivity contribution in [2.45, 2.75) is 11.6 Å². The third-order valence-electron chi connectivity index (χ3n) is 3.06. The van der Waals surface area contributed by atoms with Crippen LogP contribution in [0.4, 0.5) is 17.5 Å². The second-order valence-corrected chi connectivity index (χ2v) is 6.19. The second-order valence-electron chi connectivity index (χ2n) is 4.51. The molecule has 1 aromatic carbocycles. The molecule has 0 bridgehead atoms. The Bertz CT molecular complexity index is 766. The highest BCUT2D eigenvalue weighted by Gasteiger charge is 2.30. The van der Waals surface area contributed by atoms with Crippen LogP contribution in [-0.2, 0) is 6.54 Å². The maximum atomic E-state index is 11.9. The lowest BCUT2D eigenvalue weighted by molar-refractivity contribution is 0.829. The number of nitrogens with one attached hydrogen (secondary N) is 2. The molecule has 0 fully saturated rings. The van der Waals surface area contributed by atoms with Crippen LogP contribution in [0.3, 0.4) is 0 Å². The molecule has 1 aromatic heterocycles. The van der Waals surface area contributed by atoms with E-state index in [1.807, 2.05) is 11.0 Å². The largest absolute Gasteiger partial charge is 0.369 e. The molecule has 0 saturated heterocycles. The summed E-state index contributed by atoms with van der Waals surface area (Å²) in [5, 5.41) is 3.72. The van der Waals surface area contributed by atoms with Crippen LogP contribution >= 0.6 is 39.1 Å². The number of aromatic amines is 1. The van der Waals surface area contributed by atoms with Crippen LogP contribution in [0.25, 0.3) is 0 Å². The molecule has 0 saturated carbocycles. The van der Waals surface area contributed by atoms with Crippen molar-refractivity contribution >= 4 is 56.6 Å². The molecule has 6 nitrogen and oxygen atoms in total. The minimum absolute atomic E-state index is 0.0706. The summed E-state index contributed by atoms with van der Waals surface area (Å²) in [6.07, 6.45) is 0. The molecule has 1 unspecified atom stereocenters. The molecular weight excluding hydrogens is 381 g/mol. The molecule has 0 radical (unpaired) electrons. The zero-order chi connectivity index (χ0) is 15.1. The summed E-state index contributed by atoms with van der Waals surface area (Å²) in [5.74, 6) is 0.561. The fourth-order valence-corrected chi connectivity index (χ4v) is 3.00. The van der Waals surface area contributed by atoms with Crippen molar-refractivity contribution in [3.05, 3.63) is 44.2 Å². The van der Waals surface area contributed by atoms with E-state index < -0.39 is 0 Å². The molecule has 2 aromatic rings. The van der Waals surface area contributed by atoms with Crippen molar-refractivity contribution < 1.29 is 0 Å². The van der Waals surface area contributed by atoms with Crippen molar-refractivity contribution in [3.8, 4) is 0 Å². The summed E-state index contributed by atoms with van der Waals surface area (Å²) >= 11 is 15.4. The number of hydrogen-bond donors (Lipinski definition) is 3. The van der Waals surface area contributed by atoms with E-state index in [9.17, 15) is 4.79 Å². The lowest BCUT2D eigenvalue weighted by Gasteiger charge is -2.21. The number of hydrogen-bond acceptors (Lipinski definition) is 5. The fourth-order valence-electron chi connectivity index (χ4n) is 2.11. The van der Waals surface area contributed by atoms with Crippen LogP contribution < -0.4 is 21.5 Å². The van der Waals surface area contributed by atoms with Gasteiger partial charge >= 0.3 is 0 Å². The minimum Gasteiger partial charge on any atom is -0.369 e. The highest BCUT2D eigenvalue weighted by molar-refractivity contribution is 9.09. The van der Waals surface area contributed by atoms with Gasteiger partial charge in [-0.15, -0.1) is 0 Å². The summed E-state index contributed by atoms with van der Waals surface area (Å²) in [4.78, 5) is 20.3. The molecule has 2 heterocycles. The third-order valence-corrected chi connectivity index (χ3v) is 4.53. The van der Waals surface area contributed by atoms with Gasteiger partial charge in [-0.1, -0.05) is 29.3 Å². The second kappa shape index (κ2) is 5.40. The van der Waals surface area contributed by atoms with E-state index in [-0.39, 0.29) is 16.6 Å². The SMILES string of the molecule is Nc1nc2c(c(=O)[nH]1)NC(Br)N2Cc1ccc(Cl)c(Cl)c1. The Morgan fingerprint density at radius 2 is 2.14 bits per heavy atom. The summed E-state index contributed by atoms with van der Waals surface area (Å²) in [6.45, 7) is 0.489. The fraction of sp³-hybridized carbons (Fsp3) is 0.167. The van der Waals surface area contributed by atoms with E-state index in [1.165, 1.54) is 0 Å². The van der Waals surface area contributed by atoms with E-state index in [0.29, 0.717) is 28.1 Å². The van der Waals surface area contributed by atoms with Crippen LogP contribution in [-0.4, -0.2) is 15.0 Å². The van der Waals surface area contributed by atoms with E-state index >= 15 is 0 Å². The van der Waals surface area contributed by atoms with Gasteiger partial charge in [0.25, 0.3) is 5.56 Å². The van der Waals surface area contributed by atoms with Gasteiger partial charge < -0.3 is 16.0 Å². The summed E-state index contributed by atoms with van der Waals surface area (Å²) in [5.41, 5.74) is 6.61. The van der Waals surface area contributed by atoms with E-state index in [2.05, 4.69) is 31.2 Å². The van der Waals surface area contributed by atoms with Crippen molar-refractivity contribution in [1.29, 1.82) is 0 Å². The number of anilines is 3. The number of fused-ring (bicyclic) bond motifs is 1. The van der Waals surface area contributed by atoms with Crippen LogP contribution in [0.5, 0.6) is 0 Å². The average molecular weight is 391 g/mol. The molecule has 3 rings (SSSR count). The normalized spacial score (nSPS) is 16.7. The average Bonchev–Trinajstić information content (AvgIpc) is 2.72. The third kappa shape index (κ3) is 2.68. The van der Waals surface area contributed by atoms with Gasteiger partial charge in [0.05, 0.1) is 10.0 Å². The van der Waals surface area contributed by atoms with Crippen LogP contribution in [0.1, 0.15) is 5.56 Å². The van der Waals surface area contributed by atoms with Gasteiger partial charge in [-0.2, -0.15) is 4.98 Å². The summed E-state index contributed by atoms with van der Waals surface area (Å²) < 4.78 is 0. The maximum absolute atomic E-state index is 11.9. The zero-order valence-corrected chi connectivity index (χ0v) is 13.6. The van der Waals surface area contributed by atoms with Crippen molar-refractivity contribution in [2.24, 2.45) is 0 Å². The van der Waals surface area contributed by atoms with Gasteiger partial charge in [0.2, 0.25) is 5.95 Å². The van der Waals surface area contributed by atoms with Gasteiger partial charge in [0.1, 0.15) is 5.69 Å². The molecule has 110 valence electrons. The standard InChI is InChI=1S/C12H10BrCl2N5O/c13-11-17-8-9(18-12(16)19-10(8)21)20(11)4-5-1-2-6(14)7(15)3-5/h1-3,11,17H,4H2,(H3,16,18,19,21). The quantitative estimate of drug-likeness (QED) is 0.542. The topological polar surface area (TPSA) is 87.0 Å². The molecule has 0 aliphatic carbocycles. The van der Waals surface area contributed by atoms with E-state index in [4.69, 9.17) is 28.9 Å². The summed E-state index contributed by atoms with van der Waals surface area (Å²) in [7, 11) is 0. The Hall–Kier alpha value is -1.44. The Morgan fingerprint density at radius 1 is 1.38 bits per heavy atom. The predicted octanol–water partition coefficient (Wildman–Crippen LogP) is 2.77. The summed E-state index contributed by atoms with van der Waals surface area (Å²) in [6, 6.07) is 5.37. The van der Waals surface area contributed by atoms with Crippen LogP contribution in [0, 0.1) is 0 Å². The lowest BCUT2D eigenvalue weighted by Crippen LogP contribution is -2.30. The first-order chi connectivity index (χ1) is 9.95. The first-order valence-electron chi connectivity index (χ1n) is 5.96. The number of nitrogens with two attached hydrogens (primary N) is 1. The molecular formula is C12H10BrCl2N5O. The van der Waals surface area contributed by atoms with Gasteiger partial charge in [0, 0.05) is 6.54 Å². The first kappa shape index (κ1) is 14.5. The minimum atomic E-state index is -0.307. The Labute approximate surface area is 138 Å². The number of nitrogen functional groups attached to an aromatic ring is 1. The maximum Gasteiger partial charge on any atom is 0.277 e. The number of aromatic nitrogens is 2. The van der Waals surface area contributed by atoms with Crippen molar-refractivity contribution in [2.75, 3.05) is 16.0 Å². The highest BCUT2D eigenvalue weighted by atomic mass is 79.9. The smallest absolute Gasteiger partial charge is 0.277 e. The predicted molar refractivity (Wildman–Crippen MR) is 88.3 cm³/mol. The first-order valence-corrected chi connectivity index (χ1v) is 7.64. The van der Waals surface area contributed by atoms with Crippen molar-refractivity contribution in [1.82, 2.24) is 9.97 Å². The molecule has 1 atom stereocenters. The van der Waals surface area contributed by atoms with E-state index in [0.717, 1.165) is 5.56 Å². The Kier molecular flexibility index (Phi) is 3.73. The highest BCUT2D eigenvalue weighted by Crippen LogP contribution is 2.34. The number of alkyl halides is 1. The molecule has 0 amide bonds. The Morgan fingerprint density at radius 3 is 2.86 bits per heavy atom. The number of halogens is 3. The monoisotopic (exact) mass is 389 g/mol. The number of benzene rings is 1. The molecule has 9 heteroatoms. The van der Waals surface area contributed by atoms with Crippen LogP contribution in [0.15, 0.2) is 23.0 Å². The van der Waals surface area contributed by atoms with Gasteiger partial charge in [-0.05, 0) is 33.6 Å². The molecule has 0 spiro atoms. The van der Waals surface area contributed by atoms with Crippen LogP contribution in [0.2, 0.25) is 10.0 Å². The lowest BCUT2D eigenvalue weighted by atomic mass is 10.2. The van der Waals surface area contributed by atoms with Gasteiger partial charge in [0.15, 0.2) is 10.9 Å². The van der Waals surface area contributed by atoms with Gasteiger partial charge in [-0.3, -0.25) is 9.78 Å². The molecule has 4 N–H and O–H groups in total.